The molecule has 0 spiro atoms. The lowest BCUT2D eigenvalue weighted by atomic mass is 10.6. The first kappa shape index (κ1) is 11.4. The Balaban J connectivity index is 2.34. The Labute approximate surface area is 101 Å². The van der Waals surface area contributed by atoms with Gasteiger partial charge < -0.3 is 4.74 Å². The molecule has 0 bridgehead atoms. The largest absolute Gasteiger partial charge is 0.493 e. The zero-order chi connectivity index (χ0) is 11.1. The Morgan fingerprint density at radius 1 is 1.60 bits per heavy atom. The number of hydrogen-bond acceptors (Lipinski definition) is 4. The fraction of sp³-hybridized carbons (Fsp3) is 0.500. The molecule has 1 aromatic rings. The smallest absolute Gasteiger partial charge is 0.254 e. The molecule has 1 aromatic heterocycles. The predicted molar refractivity (Wildman–Crippen MR) is 61.9 cm³/mol. The molecule has 0 atom stereocenters. The summed E-state index contributed by atoms with van der Waals surface area (Å²) < 4.78 is 32.3. The van der Waals surface area contributed by atoms with Crippen LogP contribution in [0.1, 0.15) is 12.8 Å². The molecule has 1 N–H and O–H groups in total. The van der Waals surface area contributed by atoms with Crippen LogP contribution in [-0.4, -0.2) is 21.6 Å². The van der Waals surface area contributed by atoms with Crippen molar-refractivity contribution in [3.63, 3.8) is 0 Å². The zero-order valence-corrected chi connectivity index (χ0v) is 11.2. The van der Waals surface area contributed by atoms with Gasteiger partial charge in [-0.15, -0.1) is 11.3 Å². The molecule has 84 valence electrons. The van der Waals surface area contributed by atoms with E-state index >= 15 is 0 Å². The lowest BCUT2D eigenvalue weighted by molar-refractivity contribution is 0.403. The molecule has 15 heavy (non-hydrogen) atoms. The van der Waals surface area contributed by atoms with E-state index in [9.17, 15) is 8.42 Å². The highest BCUT2D eigenvalue weighted by Gasteiger charge is 2.31. The van der Waals surface area contributed by atoms with Crippen molar-refractivity contribution >= 4 is 37.3 Å². The van der Waals surface area contributed by atoms with E-state index < -0.39 is 10.0 Å². The first-order chi connectivity index (χ1) is 7.04. The van der Waals surface area contributed by atoms with Crippen LogP contribution in [0.3, 0.4) is 0 Å². The molecule has 0 saturated heterocycles. The van der Waals surface area contributed by atoms with Gasteiger partial charge in [0, 0.05) is 11.4 Å². The topological polar surface area (TPSA) is 55.4 Å². The monoisotopic (exact) mass is 311 g/mol. The minimum absolute atomic E-state index is 0.112. The van der Waals surface area contributed by atoms with Crippen molar-refractivity contribution in [3.8, 4) is 5.75 Å². The molecule has 4 nitrogen and oxygen atoms in total. The van der Waals surface area contributed by atoms with Gasteiger partial charge in [0.05, 0.1) is 11.6 Å². The van der Waals surface area contributed by atoms with Crippen molar-refractivity contribution in [2.75, 3.05) is 7.11 Å². The maximum absolute atomic E-state index is 11.9. The molecule has 2 rings (SSSR count). The Bertz CT molecular complexity index is 464. The lowest BCUT2D eigenvalue weighted by Gasteiger charge is -2.05. The number of thiophene rings is 1. The maximum Gasteiger partial charge on any atom is 0.254 e. The first-order valence-corrected chi connectivity index (χ1v) is 7.53. The van der Waals surface area contributed by atoms with Crippen LogP contribution in [-0.2, 0) is 10.0 Å². The third-order valence-electron chi connectivity index (χ3n) is 2.02. The summed E-state index contributed by atoms with van der Waals surface area (Å²) in [5, 5.41) is 1.71. The lowest BCUT2D eigenvalue weighted by Crippen LogP contribution is -2.25. The SMILES string of the molecule is COc1c(Br)csc1S(=O)(=O)NC1CC1. The maximum atomic E-state index is 11.9. The van der Waals surface area contributed by atoms with E-state index in [0.717, 1.165) is 24.2 Å². The molecule has 1 fully saturated rings. The molecular formula is C8H10BrNO3S2. The van der Waals surface area contributed by atoms with Crippen molar-refractivity contribution in [1.82, 2.24) is 4.72 Å². The van der Waals surface area contributed by atoms with Crippen molar-refractivity contribution in [3.05, 3.63) is 9.85 Å². The molecule has 1 aliphatic carbocycles. The molecular weight excluding hydrogens is 302 g/mol. The Kier molecular flexibility index (Phi) is 3.07. The number of rotatable bonds is 4. The second kappa shape index (κ2) is 4.04. The van der Waals surface area contributed by atoms with Crippen molar-refractivity contribution in [2.45, 2.75) is 23.1 Å². The van der Waals surface area contributed by atoms with Gasteiger partial charge in [-0.05, 0) is 28.8 Å². The fourth-order valence-corrected chi connectivity index (χ4v) is 4.69. The summed E-state index contributed by atoms with van der Waals surface area (Å²) in [4.78, 5) is 0. The van der Waals surface area contributed by atoms with Crippen molar-refractivity contribution in [2.24, 2.45) is 0 Å². The second-order valence-corrected chi connectivity index (χ2v) is 6.94. The molecule has 1 saturated carbocycles. The molecule has 1 aliphatic rings. The Hall–Kier alpha value is -0.110. The number of ether oxygens (including phenoxy) is 1. The van der Waals surface area contributed by atoms with Gasteiger partial charge in [-0.1, -0.05) is 0 Å². The molecule has 7 heteroatoms. The first-order valence-electron chi connectivity index (χ1n) is 4.38. The van der Waals surface area contributed by atoms with Crippen molar-refractivity contribution in [1.29, 1.82) is 0 Å². The van der Waals surface area contributed by atoms with E-state index in [1.807, 2.05) is 0 Å². The average molecular weight is 312 g/mol. The van der Waals surface area contributed by atoms with Crippen LogP contribution in [0.5, 0.6) is 5.75 Å². The summed E-state index contributed by atoms with van der Waals surface area (Å²) >= 11 is 4.40. The van der Waals surface area contributed by atoms with Crippen LogP contribution in [0.15, 0.2) is 14.1 Å². The number of hydrogen-bond donors (Lipinski definition) is 1. The van der Waals surface area contributed by atoms with E-state index in [-0.39, 0.29) is 10.3 Å². The van der Waals surface area contributed by atoms with E-state index in [4.69, 9.17) is 4.74 Å². The van der Waals surface area contributed by atoms with Gasteiger partial charge in [0.15, 0.2) is 9.96 Å². The normalized spacial score (nSPS) is 16.7. The number of methoxy groups -OCH3 is 1. The molecule has 0 radical (unpaired) electrons. The highest BCUT2D eigenvalue weighted by Crippen LogP contribution is 2.38. The minimum Gasteiger partial charge on any atom is -0.493 e. The van der Waals surface area contributed by atoms with Gasteiger partial charge in [-0.2, -0.15) is 0 Å². The van der Waals surface area contributed by atoms with Gasteiger partial charge in [-0.25, -0.2) is 13.1 Å². The Morgan fingerprint density at radius 2 is 2.27 bits per heavy atom. The van der Waals surface area contributed by atoms with Gasteiger partial charge in [-0.3, -0.25) is 0 Å². The van der Waals surface area contributed by atoms with Crippen LogP contribution < -0.4 is 9.46 Å². The predicted octanol–water partition coefficient (Wildman–Crippen LogP) is 1.96. The molecule has 0 aromatic carbocycles. The number of halogens is 1. The van der Waals surface area contributed by atoms with Crippen molar-refractivity contribution < 1.29 is 13.2 Å². The van der Waals surface area contributed by atoms with E-state index in [2.05, 4.69) is 20.7 Å². The highest BCUT2D eigenvalue weighted by atomic mass is 79.9. The third kappa shape index (κ3) is 2.35. The second-order valence-electron chi connectivity index (χ2n) is 3.30. The van der Waals surface area contributed by atoms with E-state index in [0.29, 0.717) is 10.2 Å². The minimum atomic E-state index is -3.41. The molecule has 0 amide bonds. The third-order valence-corrected chi connectivity index (χ3v) is 5.93. The summed E-state index contributed by atoms with van der Waals surface area (Å²) in [6.45, 7) is 0. The van der Waals surface area contributed by atoms with Gasteiger partial charge in [0.25, 0.3) is 10.0 Å². The fourth-order valence-electron chi connectivity index (χ4n) is 1.15. The summed E-state index contributed by atoms with van der Waals surface area (Å²) in [6, 6.07) is 0.112. The van der Waals surface area contributed by atoms with Crippen LogP contribution in [0.25, 0.3) is 0 Å². The average Bonchev–Trinajstić information content (AvgIpc) is 2.85. The number of nitrogens with one attached hydrogen (secondary N) is 1. The number of sulfonamides is 1. The van der Waals surface area contributed by atoms with Crippen LogP contribution in [0, 0.1) is 0 Å². The Morgan fingerprint density at radius 3 is 2.80 bits per heavy atom. The summed E-state index contributed by atoms with van der Waals surface area (Å²) in [6.07, 6.45) is 1.85. The zero-order valence-electron chi connectivity index (χ0n) is 7.99. The summed E-state index contributed by atoms with van der Waals surface area (Å²) in [5.41, 5.74) is 0. The summed E-state index contributed by atoms with van der Waals surface area (Å²) in [7, 11) is -1.94. The quantitative estimate of drug-likeness (QED) is 0.925. The van der Waals surface area contributed by atoms with E-state index in [1.54, 1.807) is 5.38 Å². The van der Waals surface area contributed by atoms with Crippen LogP contribution in [0.2, 0.25) is 0 Å². The van der Waals surface area contributed by atoms with Crippen LogP contribution in [0.4, 0.5) is 0 Å². The van der Waals surface area contributed by atoms with Gasteiger partial charge in [0.1, 0.15) is 0 Å². The van der Waals surface area contributed by atoms with Gasteiger partial charge in [0.2, 0.25) is 0 Å². The van der Waals surface area contributed by atoms with E-state index in [1.165, 1.54) is 7.11 Å². The highest BCUT2D eigenvalue weighted by molar-refractivity contribution is 9.10. The molecule has 0 aliphatic heterocycles. The molecule has 1 heterocycles. The van der Waals surface area contributed by atoms with Crippen LogP contribution >= 0.6 is 27.3 Å². The molecule has 0 unspecified atom stereocenters. The summed E-state index contributed by atoms with van der Waals surface area (Å²) in [5.74, 6) is 0.383. The standard InChI is InChI=1S/C8H10BrNO3S2/c1-13-7-6(9)4-14-8(7)15(11,12)10-5-2-3-5/h4-5,10H,2-3H2,1H3. The van der Waals surface area contributed by atoms with Gasteiger partial charge >= 0.3 is 0 Å².